The van der Waals surface area contributed by atoms with Crippen molar-refractivity contribution in [2.75, 3.05) is 0 Å². The van der Waals surface area contributed by atoms with Crippen molar-refractivity contribution in [1.82, 2.24) is 0 Å². The lowest BCUT2D eigenvalue weighted by Crippen LogP contribution is -2.28. The van der Waals surface area contributed by atoms with Crippen LogP contribution in [0.5, 0.6) is 0 Å². The Hall–Kier alpha value is -0.240. The minimum absolute atomic E-state index is 0.00238. The summed E-state index contributed by atoms with van der Waals surface area (Å²) in [5.74, 6) is 1.68. The van der Waals surface area contributed by atoms with Crippen molar-refractivity contribution in [3.63, 3.8) is 0 Å². The van der Waals surface area contributed by atoms with E-state index in [2.05, 4.69) is 55.4 Å². The topological polar surface area (TPSA) is 12.4 Å². The highest BCUT2D eigenvalue weighted by Gasteiger charge is 2.32. The molecule has 2 heteroatoms. The number of allylic oxidation sites excluding steroid dienone is 2. The molecule has 0 aromatic heterocycles. The molecule has 0 amide bonds. The van der Waals surface area contributed by atoms with E-state index in [4.69, 9.17) is 4.99 Å². The van der Waals surface area contributed by atoms with Gasteiger partial charge in [-0.2, -0.15) is 0 Å². The van der Waals surface area contributed by atoms with Gasteiger partial charge in [-0.3, -0.25) is 4.99 Å². The minimum Gasteiger partial charge on any atom is -0.272 e. The fraction of sp³-hybridized carbons (Fsp3) is 0.800. The molecule has 0 aromatic carbocycles. The molecule has 1 aliphatic rings. The van der Waals surface area contributed by atoms with E-state index in [-0.39, 0.29) is 4.87 Å². The summed E-state index contributed by atoms with van der Waals surface area (Å²) in [5.41, 5.74) is 2.83. The van der Waals surface area contributed by atoms with Crippen molar-refractivity contribution in [2.24, 2.45) is 22.7 Å². The van der Waals surface area contributed by atoms with Gasteiger partial charge in [0, 0.05) is 5.71 Å². The first-order chi connectivity index (χ1) is 7.65. The van der Waals surface area contributed by atoms with Crippen LogP contribution in [0.15, 0.2) is 15.5 Å². The van der Waals surface area contributed by atoms with E-state index in [1.165, 1.54) is 11.3 Å². The normalized spacial score (nSPS) is 20.5. The number of hydrogen-bond donors (Lipinski definition) is 0. The molecule has 1 nitrogen and oxygen atoms in total. The van der Waals surface area contributed by atoms with E-state index < -0.39 is 0 Å². The van der Waals surface area contributed by atoms with Gasteiger partial charge in [-0.1, -0.05) is 41.5 Å². The van der Waals surface area contributed by atoms with Gasteiger partial charge in [-0.05, 0) is 42.1 Å². The lowest BCUT2D eigenvalue weighted by Gasteiger charge is -2.35. The van der Waals surface area contributed by atoms with Crippen molar-refractivity contribution in [3.8, 4) is 0 Å². The molecule has 1 aliphatic heterocycles. The highest BCUT2D eigenvalue weighted by Crippen LogP contribution is 2.45. The van der Waals surface area contributed by atoms with Gasteiger partial charge in [-0.25, -0.2) is 0 Å². The average molecular weight is 253 g/mol. The van der Waals surface area contributed by atoms with Crippen molar-refractivity contribution >= 4 is 17.5 Å². The van der Waals surface area contributed by atoms with Gasteiger partial charge < -0.3 is 0 Å². The summed E-state index contributed by atoms with van der Waals surface area (Å²) < 4.78 is 0. The van der Waals surface area contributed by atoms with Crippen LogP contribution in [-0.2, 0) is 0 Å². The van der Waals surface area contributed by atoms with Crippen LogP contribution in [0.1, 0.15) is 55.4 Å². The molecular weight excluding hydrogens is 226 g/mol. The summed E-state index contributed by atoms with van der Waals surface area (Å²) in [5, 5.41) is 0. The maximum atomic E-state index is 4.97. The monoisotopic (exact) mass is 253 g/mol. The van der Waals surface area contributed by atoms with Crippen molar-refractivity contribution < 1.29 is 0 Å². The van der Waals surface area contributed by atoms with Gasteiger partial charge in [0.25, 0.3) is 0 Å². The maximum Gasteiger partial charge on any atom is 0.105 e. The van der Waals surface area contributed by atoms with Crippen molar-refractivity contribution in [2.45, 2.75) is 60.3 Å². The zero-order valence-electron chi connectivity index (χ0n) is 12.6. The highest BCUT2D eigenvalue weighted by atomic mass is 32.2. The second-order valence-corrected chi connectivity index (χ2v) is 7.93. The van der Waals surface area contributed by atoms with E-state index in [0.717, 1.165) is 0 Å². The van der Waals surface area contributed by atoms with Gasteiger partial charge in [-0.15, -0.1) is 11.8 Å². The summed E-state index contributed by atoms with van der Waals surface area (Å²) in [6, 6.07) is 0. The third-order valence-corrected chi connectivity index (χ3v) is 4.44. The Bertz CT molecular complexity index is 346. The SMILES string of the molecule is CC(C)C1=NC(C)(C)SC(C(C)C)=C1C(C)C. The van der Waals surface area contributed by atoms with Crippen LogP contribution in [0.3, 0.4) is 0 Å². The van der Waals surface area contributed by atoms with Crippen LogP contribution in [0.2, 0.25) is 0 Å². The summed E-state index contributed by atoms with van der Waals surface area (Å²) >= 11 is 1.95. The van der Waals surface area contributed by atoms with Gasteiger partial charge in [0.2, 0.25) is 0 Å². The average Bonchev–Trinajstić information content (AvgIpc) is 2.14. The Labute approximate surface area is 111 Å². The molecule has 0 spiro atoms. The largest absolute Gasteiger partial charge is 0.272 e. The van der Waals surface area contributed by atoms with Crippen LogP contribution < -0.4 is 0 Å². The van der Waals surface area contributed by atoms with Gasteiger partial charge in [0.15, 0.2) is 0 Å². The molecular formula is C15H27NS. The fourth-order valence-electron chi connectivity index (χ4n) is 2.27. The Balaban J connectivity index is 3.35. The molecule has 0 saturated carbocycles. The van der Waals surface area contributed by atoms with E-state index in [0.29, 0.717) is 17.8 Å². The Morgan fingerprint density at radius 3 is 1.76 bits per heavy atom. The second kappa shape index (κ2) is 5.17. The fourth-order valence-corrected chi connectivity index (χ4v) is 3.64. The molecule has 0 unspecified atom stereocenters. The molecule has 0 atom stereocenters. The van der Waals surface area contributed by atoms with Crippen LogP contribution in [0.25, 0.3) is 0 Å². The van der Waals surface area contributed by atoms with Crippen LogP contribution in [-0.4, -0.2) is 10.6 Å². The first-order valence-corrected chi connectivity index (χ1v) is 7.50. The molecule has 0 aliphatic carbocycles. The van der Waals surface area contributed by atoms with E-state index in [9.17, 15) is 0 Å². The quantitative estimate of drug-likeness (QED) is 0.679. The predicted octanol–water partition coefficient (Wildman–Crippen LogP) is 5.13. The molecule has 1 rings (SSSR count). The zero-order chi connectivity index (χ0) is 13.4. The molecule has 1 heterocycles. The minimum atomic E-state index is -0.00238. The number of thioether (sulfide) groups is 1. The third kappa shape index (κ3) is 3.37. The summed E-state index contributed by atoms with van der Waals surface area (Å²) in [4.78, 5) is 6.51. The Morgan fingerprint density at radius 2 is 1.41 bits per heavy atom. The Kier molecular flexibility index (Phi) is 4.51. The van der Waals surface area contributed by atoms with E-state index >= 15 is 0 Å². The van der Waals surface area contributed by atoms with Crippen LogP contribution in [0, 0.1) is 17.8 Å². The lowest BCUT2D eigenvalue weighted by molar-refractivity contribution is 0.686. The highest BCUT2D eigenvalue weighted by molar-refractivity contribution is 8.04. The molecule has 0 bridgehead atoms. The maximum absolute atomic E-state index is 4.97. The van der Waals surface area contributed by atoms with Crippen molar-refractivity contribution in [3.05, 3.63) is 10.5 Å². The van der Waals surface area contributed by atoms with Crippen molar-refractivity contribution in [1.29, 1.82) is 0 Å². The van der Waals surface area contributed by atoms with Crippen LogP contribution in [0.4, 0.5) is 0 Å². The number of hydrogen-bond acceptors (Lipinski definition) is 2. The lowest BCUT2D eigenvalue weighted by atomic mass is 9.88. The zero-order valence-corrected chi connectivity index (χ0v) is 13.4. The molecule has 0 radical (unpaired) electrons. The number of aliphatic imine (C=N–C) groups is 1. The summed E-state index contributed by atoms with van der Waals surface area (Å²) in [6.07, 6.45) is 0. The standard InChI is InChI=1S/C15H27NS/c1-9(2)12-13(10(3)4)16-15(7,8)17-14(12)11(5)6/h9-11H,1-8H3. The third-order valence-electron chi connectivity index (χ3n) is 2.94. The van der Waals surface area contributed by atoms with Crippen LogP contribution >= 0.6 is 11.8 Å². The smallest absolute Gasteiger partial charge is 0.105 e. The molecule has 17 heavy (non-hydrogen) atoms. The summed E-state index contributed by atoms with van der Waals surface area (Å²) in [6.45, 7) is 18.1. The molecule has 0 saturated heterocycles. The van der Waals surface area contributed by atoms with E-state index in [1.54, 1.807) is 4.91 Å². The van der Waals surface area contributed by atoms with Gasteiger partial charge in [0.05, 0.1) is 0 Å². The molecule has 98 valence electrons. The van der Waals surface area contributed by atoms with Gasteiger partial charge >= 0.3 is 0 Å². The first kappa shape index (κ1) is 14.8. The molecule has 0 fully saturated rings. The van der Waals surface area contributed by atoms with E-state index in [1.807, 2.05) is 11.8 Å². The first-order valence-electron chi connectivity index (χ1n) is 6.69. The van der Waals surface area contributed by atoms with Gasteiger partial charge in [0.1, 0.15) is 4.87 Å². The molecule has 0 aromatic rings. The Morgan fingerprint density at radius 1 is 0.882 bits per heavy atom. The summed E-state index contributed by atoms with van der Waals surface area (Å²) in [7, 11) is 0. The number of rotatable bonds is 3. The second-order valence-electron chi connectivity index (χ2n) is 6.29. The molecule has 0 N–H and O–H groups in total. The number of nitrogens with zero attached hydrogens (tertiary/aromatic N) is 1. The predicted molar refractivity (Wildman–Crippen MR) is 80.6 cm³/mol.